The molecule has 1 rings (SSSR count). The molecule has 0 saturated carbocycles. The van der Waals surface area contributed by atoms with Crippen LogP contribution in [0.25, 0.3) is 0 Å². The predicted octanol–water partition coefficient (Wildman–Crippen LogP) is 1.68. The number of nitrogens with zero attached hydrogens (tertiary/aromatic N) is 2. The Hall–Kier alpha value is -1.10. The first kappa shape index (κ1) is 16.0. The Kier molecular flexibility index (Phi) is 4.61. The SMILES string of the molecule is CC(C)(C)C(=O)NC(=O)N1CCN(C(C)(C)C)CC1. The third-order valence-electron chi connectivity index (χ3n) is 3.42. The number of piperazine rings is 1. The Balaban J connectivity index is 2.48. The minimum absolute atomic E-state index is 0.129. The fourth-order valence-corrected chi connectivity index (χ4v) is 1.94. The van der Waals surface area contributed by atoms with Crippen LogP contribution in [-0.2, 0) is 4.79 Å². The summed E-state index contributed by atoms with van der Waals surface area (Å²) < 4.78 is 0. The maximum atomic E-state index is 12.0. The minimum atomic E-state index is -0.539. The Morgan fingerprint density at radius 3 is 1.74 bits per heavy atom. The molecule has 0 aromatic heterocycles. The summed E-state index contributed by atoms with van der Waals surface area (Å²) in [5.74, 6) is -0.226. The molecule has 5 heteroatoms. The molecule has 1 fully saturated rings. The van der Waals surface area contributed by atoms with Crippen molar-refractivity contribution in [2.45, 2.75) is 47.1 Å². The van der Waals surface area contributed by atoms with Gasteiger partial charge in [0, 0.05) is 37.1 Å². The molecule has 0 aromatic carbocycles. The van der Waals surface area contributed by atoms with Crippen molar-refractivity contribution in [3.8, 4) is 0 Å². The highest BCUT2D eigenvalue weighted by Gasteiger charge is 2.30. The van der Waals surface area contributed by atoms with Gasteiger partial charge in [0.25, 0.3) is 0 Å². The van der Waals surface area contributed by atoms with Crippen LogP contribution in [0.15, 0.2) is 0 Å². The van der Waals surface area contributed by atoms with E-state index in [0.29, 0.717) is 13.1 Å². The second-order valence-electron chi connectivity index (χ2n) is 7.15. The normalized spacial score (nSPS) is 18.3. The molecule has 5 nitrogen and oxygen atoms in total. The van der Waals surface area contributed by atoms with Crippen LogP contribution < -0.4 is 5.32 Å². The van der Waals surface area contributed by atoms with Gasteiger partial charge in [-0.3, -0.25) is 15.0 Å². The van der Waals surface area contributed by atoms with Crippen LogP contribution in [-0.4, -0.2) is 53.5 Å². The number of imide groups is 1. The van der Waals surface area contributed by atoms with Crippen LogP contribution in [0.3, 0.4) is 0 Å². The summed E-state index contributed by atoms with van der Waals surface area (Å²) in [7, 11) is 0. The van der Waals surface area contributed by atoms with Crippen LogP contribution in [0, 0.1) is 5.41 Å². The van der Waals surface area contributed by atoms with Gasteiger partial charge in [0.15, 0.2) is 0 Å². The van der Waals surface area contributed by atoms with Crippen molar-refractivity contribution in [2.24, 2.45) is 5.41 Å². The first-order chi connectivity index (χ1) is 8.51. The van der Waals surface area contributed by atoms with Crippen LogP contribution in [0.2, 0.25) is 0 Å². The largest absolute Gasteiger partial charge is 0.324 e. The fraction of sp³-hybridized carbons (Fsp3) is 0.857. The molecular formula is C14H27N3O2. The first-order valence-electron chi connectivity index (χ1n) is 6.87. The fourth-order valence-electron chi connectivity index (χ4n) is 1.94. The van der Waals surface area contributed by atoms with E-state index in [-0.39, 0.29) is 17.5 Å². The molecule has 0 atom stereocenters. The molecule has 3 amide bonds. The van der Waals surface area contributed by atoms with Crippen molar-refractivity contribution < 1.29 is 9.59 Å². The van der Waals surface area contributed by atoms with E-state index in [1.165, 1.54) is 0 Å². The zero-order chi connectivity index (χ0) is 14.8. The monoisotopic (exact) mass is 269 g/mol. The van der Waals surface area contributed by atoms with E-state index in [2.05, 4.69) is 31.0 Å². The quantitative estimate of drug-likeness (QED) is 0.728. The van der Waals surface area contributed by atoms with Gasteiger partial charge in [0.05, 0.1) is 0 Å². The summed E-state index contributed by atoms with van der Waals surface area (Å²) >= 11 is 0. The molecule has 0 aliphatic carbocycles. The Labute approximate surface area is 116 Å². The lowest BCUT2D eigenvalue weighted by atomic mass is 9.96. The average molecular weight is 269 g/mol. The molecule has 0 unspecified atom stereocenters. The number of carbonyl (C=O) groups is 2. The highest BCUT2D eigenvalue weighted by Crippen LogP contribution is 2.16. The van der Waals surface area contributed by atoms with Crippen LogP contribution in [0.4, 0.5) is 4.79 Å². The second kappa shape index (κ2) is 5.49. The number of hydrogen-bond donors (Lipinski definition) is 1. The van der Waals surface area contributed by atoms with Gasteiger partial charge in [0.2, 0.25) is 5.91 Å². The number of hydrogen-bond acceptors (Lipinski definition) is 3. The molecule has 1 aliphatic rings. The highest BCUT2D eigenvalue weighted by molar-refractivity contribution is 5.96. The molecule has 0 aromatic rings. The number of amides is 3. The maximum absolute atomic E-state index is 12.0. The van der Waals surface area contributed by atoms with E-state index in [0.717, 1.165) is 13.1 Å². The zero-order valence-electron chi connectivity index (χ0n) is 13.0. The Bertz CT molecular complexity index is 345. The molecule has 0 bridgehead atoms. The smallest absolute Gasteiger partial charge is 0.322 e. The summed E-state index contributed by atoms with van der Waals surface area (Å²) in [6.07, 6.45) is 0. The van der Waals surface area contributed by atoms with Crippen LogP contribution in [0.5, 0.6) is 0 Å². The average Bonchev–Trinajstić information content (AvgIpc) is 2.26. The van der Waals surface area contributed by atoms with E-state index in [1.54, 1.807) is 25.7 Å². The van der Waals surface area contributed by atoms with E-state index in [9.17, 15) is 9.59 Å². The van der Waals surface area contributed by atoms with Crippen LogP contribution in [0.1, 0.15) is 41.5 Å². The predicted molar refractivity (Wildman–Crippen MR) is 75.9 cm³/mol. The Morgan fingerprint density at radius 2 is 1.37 bits per heavy atom. The van der Waals surface area contributed by atoms with Gasteiger partial charge in [-0.2, -0.15) is 0 Å². The number of carbonyl (C=O) groups excluding carboxylic acids is 2. The maximum Gasteiger partial charge on any atom is 0.324 e. The lowest BCUT2D eigenvalue weighted by Crippen LogP contribution is -2.57. The summed E-state index contributed by atoms with van der Waals surface area (Å²) in [4.78, 5) is 27.8. The number of urea groups is 1. The molecule has 1 saturated heterocycles. The molecule has 1 heterocycles. The van der Waals surface area contributed by atoms with E-state index >= 15 is 0 Å². The van der Waals surface area contributed by atoms with Crippen molar-refractivity contribution in [3.05, 3.63) is 0 Å². The van der Waals surface area contributed by atoms with Gasteiger partial charge >= 0.3 is 6.03 Å². The Morgan fingerprint density at radius 1 is 0.895 bits per heavy atom. The molecule has 0 radical (unpaired) electrons. The van der Waals surface area contributed by atoms with Gasteiger partial charge < -0.3 is 4.90 Å². The molecule has 1 aliphatic heterocycles. The summed E-state index contributed by atoms with van der Waals surface area (Å²) in [5.41, 5.74) is -0.410. The van der Waals surface area contributed by atoms with Crippen molar-refractivity contribution in [3.63, 3.8) is 0 Å². The molecule has 0 spiro atoms. The van der Waals surface area contributed by atoms with Gasteiger partial charge in [-0.25, -0.2) is 4.79 Å². The minimum Gasteiger partial charge on any atom is -0.322 e. The molecule has 1 N–H and O–H groups in total. The second-order valence-corrected chi connectivity index (χ2v) is 7.15. The van der Waals surface area contributed by atoms with Gasteiger partial charge in [-0.05, 0) is 20.8 Å². The summed E-state index contributed by atoms with van der Waals surface area (Å²) in [5, 5.41) is 2.47. The molecule has 19 heavy (non-hydrogen) atoms. The van der Waals surface area contributed by atoms with E-state index in [1.807, 2.05) is 0 Å². The topological polar surface area (TPSA) is 52.7 Å². The molecular weight excluding hydrogens is 242 g/mol. The lowest BCUT2D eigenvalue weighted by molar-refractivity contribution is -0.127. The van der Waals surface area contributed by atoms with Gasteiger partial charge in [-0.15, -0.1) is 0 Å². The summed E-state index contributed by atoms with van der Waals surface area (Å²) in [6, 6.07) is -0.270. The standard InChI is InChI=1S/C14H27N3O2/c1-13(2,3)11(18)15-12(19)16-7-9-17(10-8-16)14(4,5)6/h7-10H2,1-6H3,(H,15,18,19). The molecule has 110 valence electrons. The van der Waals surface area contributed by atoms with E-state index in [4.69, 9.17) is 0 Å². The van der Waals surface area contributed by atoms with Gasteiger partial charge in [0.1, 0.15) is 0 Å². The van der Waals surface area contributed by atoms with E-state index < -0.39 is 5.41 Å². The number of rotatable bonds is 0. The third kappa shape index (κ3) is 4.49. The zero-order valence-corrected chi connectivity index (χ0v) is 13.0. The number of nitrogens with one attached hydrogen (secondary N) is 1. The van der Waals surface area contributed by atoms with Gasteiger partial charge in [-0.1, -0.05) is 20.8 Å². The van der Waals surface area contributed by atoms with Crippen LogP contribution >= 0.6 is 0 Å². The third-order valence-corrected chi connectivity index (χ3v) is 3.42. The van der Waals surface area contributed by atoms with Crippen molar-refractivity contribution in [1.82, 2.24) is 15.1 Å². The van der Waals surface area contributed by atoms with Crippen molar-refractivity contribution in [1.29, 1.82) is 0 Å². The summed E-state index contributed by atoms with van der Waals surface area (Å²) in [6.45, 7) is 14.9. The highest BCUT2D eigenvalue weighted by atomic mass is 16.2. The van der Waals surface area contributed by atoms with Crippen molar-refractivity contribution in [2.75, 3.05) is 26.2 Å². The van der Waals surface area contributed by atoms with Crippen molar-refractivity contribution >= 4 is 11.9 Å². The lowest BCUT2D eigenvalue weighted by Gasteiger charge is -2.42. The first-order valence-corrected chi connectivity index (χ1v) is 6.87.